The Labute approximate surface area is 173 Å². The number of carbonyl (C=O) groups excluding carboxylic acids is 4. The van der Waals surface area contributed by atoms with Gasteiger partial charge in [0.1, 0.15) is 6.10 Å². The summed E-state index contributed by atoms with van der Waals surface area (Å²) >= 11 is 0. The average molecular weight is 424 g/mol. The van der Waals surface area contributed by atoms with Crippen LogP contribution >= 0.6 is 0 Å². The fourth-order valence-electron chi connectivity index (χ4n) is 3.34. The number of esters is 4. The van der Waals surface area contributed by atoms with Gasteiger partial charge in [0.05, 0.1) is 6.61 Å². The van der Waals surface area contributed by atoms with Gasteiger partial charge in [0.15, 0.2) is 12.2 Å². The van der Waals surface area contributed by atoms with Gasteiger partial charge in [-0.2, -0.15) is 0 Å². The number of rotatable bonds is 6. The lowest BCUT2D eigenvalue weighted by atomic mass is 9.87. The standard InChI is InChI=1S/C20H24O10/c1-11(22)26-17-16(10-21)30-20(29-14(4)25,15-8-6-5-7-9-15)19(28-13(3)24)18(17)27-12(2)23/h5-9,16-19,21H,10H2,1-4H3/t16-,17-,18+,19-,20?/m1/s1. The SMILES string of the molecule is CC(=O)O[C@H]1[C@H](OC(C)=O)[C@@H](CO)OC(OC(C)=O)(c2ccccc2)[C@@H]1OC(C)=O. The molecule has 10 heteroatoms. The molecule has 1 aliphatic rings. The minimum atomic E-state index is -2.08. The Morgan fingerprint density at radius 1 is 0.867 bits per heavy atom. The van der Waals surface area contributed by atoms with Crippen molar-refractivity contribution in [2.45, 2.75) is 57.9 Å². The molecule has 0 bridgehead atoms. The number of carbonyl (C=O) groups is 4. The second kappa shape index (κ2) is 9.68. The molecule has 2 rings (SSSR count). The zero-order chi connectivity index (χ0) is 22.5. The Kier molecular flexibility index (Phi) is 7.52. The van der Waals surface area contributed by atoms with Crippen LogP contribution in [0.15, 0.2) is 30.3 Å². The first-order valence-electron chi connectivity index (χ1n) is 9.16. The van der Waals surface area contributed by atoms with Gasteiger partial charge >= 0.3 is 23.9 Å². The second-order valence-corrected chi connectivity index (χ2v) is 6.64. The molecule has 0 saturated carbocycles. The van der Waals surface area contributed by atoms with Crippen LogP contribution in [0.2, 0.25) is 0 Å². The molecule has 1 N–H and O–H groups in total. The molecular formula is C20H24O10. The fourth-order valence-corrected chi connectivity index (χ4v) is 3.34. The van der Waals surface area contributed by atoms with Crippen LogP contribution in [0.25, 0.3) is 0 Å². The van der Waals surface area contributed by atoms with E-state index in [9.17, 15) is 24.3 Å². The number of benzene rings is 1. The summed E-state index contributed by atoms with van der Waals surface area (Å²) in [6.07, 6.45) is -5.60. The first-order chi connectivity index (χ1) is 14.1. The van der Waals surface area contributed by atoms with Gasteiger partial charge < -0.3 is 28.8 Å². The van der Waals surface area contributed by atoms with Crippen molar-refractivity contribution >= 4 is 23.9 Å². The van der Waals surface area contributed by atoms with Gasteiger partial charge in [0.25, 0.3) is 5.79 Å². The average Bonchev–Trinajstić information content (AvgIpc) is 2.65. The summed E-state index contributed by atoms with van der Waals surface area (Å²) in [6, 6.07) is 8.04. The molecule has 164 valence electrons. The van der Waals surface area contributed by atoms with E-state index in [2.05, 4.69) is 0 Å². The van der Waals surface area contributed by atoms with Gasteiger partial charge in [-0.3, -0.25) is 19.2 Å². The lowest BCUT2D eigenvalue weighted by molar-refractivity contribution is -0.361. The Hall–Kier alpha value is -2.98. The molecule has 30 heavy (non-hydrogen) atoms. The maximum atomic E-state index is 12.0. The highest BCUT2D eigenvalue weighted by Crippen LogP contribution is 2.43. The van der Waals surface area contributed by atoms with E-state index in [1.165, 1.54) is 0 Å². The zero-order valence-corrected chi connectivity index (χ0v) is 17.0. The molecule has 0 spiro atoms. The summed E-state index contributed by atoms with van der Waals surface area (Å²) in [7, 11) is 0. The highest BCUT2D eigenvalue weighted by Gasteiger charge is 2.62. The number of aliphatic hydroxyl groups excluding tert-OH is 1. The minimum Gasteiger partial charge on any atom is -0.456 e. The molecule has 10 nitrogen and oxygen atoms in total. The van der Waals surface area contributed by atoms with Crippen molar-refractivity contribution in [1.82, 2.24) is 0 Å². The highest BCUT2D eigenvalue weighted by atomic mass is 16.8. The van der Waals surface area contributed by atoms with E-state index < -0.39 is 60.7 Å². The van der Waals surface area contributed by atoms with Crippen LogP contribution in [0, 0.1) is 0 Å². The molecule has 5 atom stereocenters. The fraction of sp³-hybridized carbons (Fsp3) is 0.500. The molecule has 0 amide bonds. The molecule has 1 fully saturated rings. The van der Waals surface area contributed by atoms with Gasteiger partial charge in [-0.05, 0) is 0 Å². The third kappa shape index (κ3) is 5.14. The summed E-state index contributed by atoms with van der Waals surface area (Å²) < 4.78 is 27.4. The molecule has 1 aliphatic heterocycles. The zero-order valence-electron chi connectivity index (χ0n) is 17.0. The summed E-state index contributed by atoms with van der Waals surface area (Å²) in [5, 5.41) is 9.90. The Morgan fingerprint density at radius 3 is 1.87 bits per heavy atom. The third-order valence-corrected chi connectivity index (χ3v) is 4.24. The lowest BCUT2D eigenvalue weighted by Gasteiger charge is -2.50. The normalized spacial score (nSPS) is 28.2. The monoisotopic (exact) mass is 424 g/mol. The Morgan fingerprint density at radius 2 is 1.40 bits per heavy atom. The number of hydrogen-bond acceptors (Lipinski definition) is 10. The van der Waals surface area contributed by atoms with E-state index in [1.54, 1.807) is 30.3 Å². The van der Waals surface area contributed by atoms with Gasteiger partial charge in [0, 0.05) is 33.3 Å². The van der Waals surface area contributed by atoms with Crippen LogP contribution in [-0.2, 0) is 48.6 Å². The van der Waals surface area contributed by atoms with Gasteiger partial charge in [-0.15, -0.1) is 0 Å². The van der Waals surface area contributed by atoms with Crippen molar-refractivity contribution in [2.75, 3.05) is 6.61 Å². The molecule has 1 unspecified atom stereocenters. The molecule has 0 radical (unpaired) electrons. The van der Waals surface area contributed by atoms with Crippen LogP contribution in [-0.4, -0.2) is 60.0 Å². The van der Waals surface area contributed by atoms with E-state index in [-0.39, 0.29) is 5.56 Å². The van der Waals surface area contributed by atoms with E-state index in [0.29, 0.717) is 0 Å². The third-order valence-electron chi connectivity index (χ3n) is 4.24. The first-order valence-corrected chi connectivity index (χ1v) is 9.16. The van der Waals surface area contributed by atoms with E-state index in [0.717, 1.165) is 27.7 Å². The van der Waals surface area contributed by atoms with Crippen molar-refractivity contribution < 1.29 is 48.0 Å². The predicted octanol–water partition coefficient (Wildman–Crippen LogP) is 0.589. The maximum absolute atomic E-state index is 12.0. The topological polar surface area (TPSA) is 135 Å². The van der Waals surface area contributed by atoms with Crippen LogP contribution in [0.3, 0.4) is 0 Å². The highest BCUT2D eigenvalue weighted by molar-refractivity contribution is 5.69. The van der Waals surface area contributed by atoms with Crippen molar-refractivity contribution in [1.29, 1.82) is 0 Å². The number of hydrogen-bond donors (Lipinski definition) is 1. The molecule has 1 aromatic rings. The van der Waals surface area contributed by atoms with E-state index >= 15 is 0 Å². The molecule has 1 saturated heterocycles. The molecule has 1 aromatic carbocycles. The maximum Gasteiger partial charge on any atom is 0.305 e. The van der Waals surface area contributed by atoms with Crippen molar-refractivity contribution in [2.24, 2.45) is 0 Å². The number of ether oxygens (including phenoxy) is 5. The predicted molar refractivity (Wildman–Crippen MR) is 98.5 cm³/mol. The largest absolute Gasteiger partial charge is 0.456 e. The quantitative estimate of drug-likeness (QED) is 0.510. The molecule has 1 heterocycles. The van der Waals surface area contributed by atoms with Gasteiger partial charge in [-0.1, -0.05) is 30.3 Å². The van der Waals surface area contributed by atoms with Gasteiger partial charge in [-0.25, -0.2) is 0 Å². The van der Waals surface area contributed by atoms with Crippen LogP contribution < -0.4 is 0 Å². The van der Waals surface area contributed by atoms with Crippen molar-refractivity contribution in [3.05, 3.63) is 35.9 Å². The summed E-state index contributed by atoms with van der Waals surface area (Å²) in [5.41, 5.74) is 0.253. The van der Waals surface area contributed by atoms with E-state index in [4.69, 9.17) is 23.7 Å². The van der Waals surface area contributed by atoms with Crippen molar-refractivity contribution in [3.63, 3.8) is 0 Å². The smallest absolute Gasteiger partial charge is 0.305 e. The molecule has 0 aliphatic carbocycles. The first kappa shape index (κ1) is 23.3. The molecular weight excluding hydrogens is 400 g/mol. The summed E-state index contributed by atoms with van der Waals surface area (Å²) in [6.45, 7) is 3.76. The van der Waals surface area contributed by atoms with Crippen LogP contribution in [0.4, 0.5) is 0 Å². The summed E-state index contributed by atoms with van der Waals surface area (Å²) in [5.74, 6) is -5.20. The van der Waals surface area contributed by atoms with Crippen molar-refractivity contribution in [3.8, 4) is 0 Å². The van der Waals surface area contributed by atoms with E-state index in [1.807, 2.05) is 0 Å². The molecule has 0 aromatic heterocycles. The van der Waals surface area contributed by atoms with Crippen LogP contribution in [0.1, 0.15) is 33.3 Å². The second-order valence-electron chi connectivity index (χ2n) is 6.64. The minimum absolute atomic E-state index is 0.253. The Balaban J connectivity index is 2.73. The summed E-state index contributed by atoms with van der Waals surface area (Å²) in [4.78, 5) is 47.4. The Bertz CT molecular complexity index is 792. The van der Waals surface area contributed by atoms with Crippen LogP contribution in [0.5, 0.6) is 0 Å². The number of aliphatic hydroxyl groups is 1. The lowest BCUT2D eigenvalue weighted by Crippen LogP contribution is -2.67. The van der Waals surface area contributed by atoms with Gasteiger partial charge in [0.2, 0.25) is 6.10 Å².